The quantitative estimate of drug-likeness (QED) is 0.508. The standard InChI is InChI=1S/C6H8FN3O2S.ClH/c7-5-3-4(13(9,11)12)1-2-6(5)10-8;/h1-3,10H,8H2,(H2,9,11,12);1H. The SMILES string of the molecule is Cl.NNc1ccc(S(N)(=O)=O)cc1F. The fraction of sp³-hybridized carbons (Fsp3) is 0. The maximum atomic E-state index is 12.9. The van der Waals surface area contributed by atoms with Crippen LogP contribution in [0, 0.1) is 5.82 Å². The molecule has 5 N–H and O–H groups in total. The van der Waals surface area contributed by atoms with Gasteiger partial charge in [0.15, 0.2) is 0 Å². The molecule has 0 aliphatic rings. The van der Waals surface area contributed by atoms with E-state index in [1.54, 1.807) is 0 Å². The number of halogens is 2. The first-order valence-corrected chi connectivity index (χ1v) is 4.79. The fourth-order valence-electron chi connectivity index (χ4n) is 0.790. The van der Waals surface area contributed by atoms with Gasteiger partial charge in [-0.05, 0) is 18.2 Å². The average Bonchev–Trinajstić information content (AvgIpc) is 2.02. The smallest absolute Gasteiger partial charge is 0.238 e. The lowest BCUT2D eigenvalue weighted by atomic mass is 10.3. The van der Waals surface area contributed by atoms with Crippen molar-refractivity contribution < 1.29 is 12.8 Å². The highest BCUT2D eigenvalue weighted by Crippen LogP contribution is 2.16. The van der Waals surface area contributed by atoms with E-state index in [-0.39, 0.29) is 23.0 Å². The summed E-state index contributed by atoms with van der Waals surface area (Å²) in [7, 11) is -3.86. The molecule has 1 aromatic rings. The number of hydrogen-bond acceptors (Lipinski definition) is 4. The van der Waals surface area contributed by atoms with E-state index in [2.05, 4.69) is 5.43 Å². The first-order chi connectivity index (χ1) is 5.95. The molecule has 0 amide bonds. The predicted molar refractivity (Wildman–Crippen MR) is 52.8 cm³/mol. The second-order valence-electron chi connectivity index (χ2n) is 2.33. The number of nitrogens with one attached hydrogen (secondary N) is 1. The molecule has 0 fully saturated rings. The lowest BCUT2D eigenvalue weighted by molar-refractivity contribution is 0.593. The number of rotatable bonds is 2. The van der Waals surface area contributed by atoms with Crippen LogP contribution in [0.1, 0.15) is 0 Å². The molecular weight excluding hydrogens is 233 g/mol. The van der Waals surface area contributed by atoms with E-state index in [1.165, 1.54) is 6.07 Å². The first-order valence-electron chi connectivity index (χ1n) is 3.24. The number of primary sulfonamides is 1. The lowest BCUT2D eigenvalue weighted by Crippen LogP contribution is -2.14. The molecule has 0 unspecified atom stereocenters. The number of benzene rings is 1. The van der Waals surface area contributed by atoms with Crippen molar-refractivity contribution in [1.29, 1.82) is 0 Å². The molecule has 0 saturated carbocycles. The Morgan fingerprint density at radius 1 is 1.36 bits per heavy atom. The van der Waals surface area contributed by atoms with Crippen molar-refractivity contribution in [2.45, 2.75) is 4.90 Å². The van der Waals surface area contributed by atoms with Crippen LogP contribution in [0.5, 0.6) is 0 Å². The summed E-state index contributed by atoms with van der Waals surface area (Å²) in [5.41, 5.74) is 2.07. The Kier molecular flexibility index (Phi) is 4.27. The molecule has 0 radical (unpaired) electrons. The van der Waals surface area contributed by atoms with Gasteiger partial charge in [0.25, 0.3) is 0 Å². The molecular formula is C6H9ClFN3O2S. The Labute approximate surface area is 86.7 Å². The number of nitrogen functional groups attached to an aromatic ring is 1. The van der Waals surface area contributed by atoms with Crippen molar-refractivity contribution in [2.75, 3.05) is 5.43 Å². The van der Waals surface area contributed by atoms with E-state index in [4.69, 9.17) is 11.0 Å². The summed E-state index contributed by atoms with van der Waals surface area (Å²) in [6.45, 7) is 0. The molecule has 0 heterocycles. The average molecular weight is 242 g/mol. The zero-order valence-corrected chi connectivity index (χ0v) is 8.53. The van der Waals surface area contributed by atoms with Crippen molar-refractivity contribution in [2.24, 2.45) is 11.0 Å². The van der Waals surface area contributed by atoms with Gasteiger partial charge < -0.3 is 5.43 Å². The van der Waals surface area contributed by atoms with E-state index in [1.807, 2.05) is 0 Å². The topological polar surface area (TPSA) is 98.2 Å². The Morgan fingerprint density at radius 2 is 1.93 bits per heavy atom. The second kappa shape index (κ2) is 4.56. The Balaban J connectivity index is 0.00000169. The van der Waals surface area contributed by atoms with Gasteiger partial charge in [-0.25, -0.2) is 17.9 Å². The number of hydrogen-bond donors (Lipinski definition) is 3. The molecule has 0 bridgehead atoms. The van der Waals surface area contributed by atoms with Crippen molar-refractivity contribution in [1.82, 2.24) is 0 Å². The van der Waals surface area contributed by atoms with Crippen LogP contribution in [0.15, 0.2) is 23.1 Å². The van der Waals surface area contributed by atoms with Gasteiger partial charge in [-0.3, -0.25) is 5.84 Å². The fourth-order valence-corrected chi connectivity index (χ4v) is 1.32. The molecule has 0 saturated heterocycles. The van der Waals surface area contributed by atoms with E-state index >= 15 is 0 Å². The maximum Gasteiger partial charge on any atom is 0.238 e. The first kappa shape index (κ1) is 13.1. The largest absolute Gasteiger partial charge is 0.321 e. The minimum absolute atomic E-state index is 0. The highest BCUT2D eigenvalue weighted by Gasteiger charge is 2.10. The molecule has 1 aromatic carbocycles. The molecule has 14 heavy (non-hydrogen) atoms. The van der Waals surface area contributed by atoms with Gasteiger partial charge in [0.1, 0.15) is 5.82 Å². The summed E-state index contributed by atoms with van der Waals surface area (Å²) in [6.07, 6.45) is 0. The highest BCUT2D eigenvalue weighted by molar-refractivity contribution is 7.89. The minimum Gasteiger partial charge on any atom is -0.321 e. The Bertz CT molecular complexity index is 423. The van der Waals surface area contributed by atoms with E-state index in [9.17, 15) is 12.8 Å². The summed E-state index contributed by atoms with van der Waals surface area (Å²) in [4.78, 5) is -0.288. The van der Waals surface area contributed by atoms with Gasteiger partial charge in [-0.2, -0.15) is 0 Å². The van der Waals surface area contributed by atoms with Crippen molar-refractivity contribution in [3.8, 4) is 0 Å². The van der Waals surface area contributed by atoms with Gasteiger partial charge in [0.05, 0.1) is 10.6 Å². The van der Waals surface area contributed by atoms with Gasteiger partial charge in [-0.15, -0.1) is 12.4 Å². The Hall–Kier alpha value is -0.890. The van der Waals surface area contributed by atoms with E-state index in [0.29, 0.717) is 0 Å². The van der Waals surface area contributed by atoms with E-state index < -0.39 is 15.8 Å². The minimum atomic E-state index is -3.86. The summed E-state index contributed by atoms with van der Waals surface area (Å²) >= 11 is 0. The van der Waals surface area contributed by atoms with Gasteiger partial charge in [0.2, 0.25) is 10.0 Å². The number of anilines is 1. The van der Waals surface area contributed by atoms with Crippen LogP contribution in [0.2, 0.25) is 0 Å². The van der Waals surface area contributed by atoms with Crippen LogP contribution in [0.25, 0.3) is 0 Å². The van der Waals surface area contributed by atoms with Crippen molar-refractivity contribution in [3.63, 3.8) is 0 Å². The monoisotopic (exact) mass is 241 g/mol. The maximum absolute atomic E-state index is 12.9. The third-order valence-electron chi connectivity index (χ3n) is 1.42. The second-order valence-corrected chi connectivity index (χ2v) is 3.89. The number of nitrogens with two attached hydrogens (primary N) is 2. The molecule has 0 aliphatic heterocycles. The van der Waals surface area contributed by atoms with E-state index in [0.717, 1.165) is 12.1 Å². The normalized spacial score (nSPS) is 10.5. The predicted octanol–water partition coefficient (Wildman–Crippen LogP) is 0.181. The lowest BCUT2D eigenvalue weighted by Gasteiger charge is -2.03. The third-order valence-corrected chi connectivity index (χ3v) is 2.34. The van der Waals surface area contributed by atoms with Crippen molar-refractivity contribution in [3.05, 3.63) is 24.0 Å². The summed E-state index contributed by atoms with van der Waals surface area (Å²) in [6, 6.07) is 3.15. The van der Waals surface area contributed by atoms with Gasteiger partial charge in [0, 0.05) is 0 Å². The van der Waals surface area contributed by atoms with Crippen molar-refractivity contribution >= 4 is 28.1 Å². The molecule has 8 heteroatoms. The zero-order chi connectivity index (χ0) is 10.1. The van der Waals surface area contributed by atoms with Crippen LogP contribution >= 0.6 is 12.4 Å². The van der Waals surface area contributed by atoms with Crippen LogP contribution in [-0.2, 0) is 10.0 Å². The molecule has 80 valence electrons. The highest BCUT2D eigenvalue weighted by atomic mass is 35.5. The van der Waals surface area contributed by atoms with Crippen LogP contribution in [0.4, 0.5) is 10.1 Å². The summed E-state index contributed by atoms with van der Waals surface area (Å²) in [5.74, 6) is 4.17. The molecule has 5 nitrogen and oxygen atoms in total. The summed E-state index contributed by atoms with van der Waals surface area (Å²) in [5, 5.41) is 4.77. The van der Waals surface area contributed by atoms with Gasteiger partial charge >= 0.3 is 0 Å². The van der Waals surface area contributed by atoms with Crippen LogP contribution in [-0.4, -0.2) is 8.42 Å². The summed E-state index contributed by atoms with van der Waals surface area (Å²) < 4.78 is 34.4. The molecule has 0 aliphatic carbocycles. The Morgan fingerprint density at radius 3 is 2.29 bits per heavy atom. The molecule has 0 spiro atoms. The van der Waals surface area contributed by atoms with Gasteiger partial charge in [-0.1, -0.05) is 0 Å². The molecule has 0 aromatic heterocycles. The van der Waals surface area contributed by atoms with Crippen LogP contribution < -0.4 is 16.4 Å². The number of sulfonamides is 1. The molecule has 1 rings (SSSR count). The molecule has 0 atom stereocenters. The zero-order valence-electron chi connectivity index (χ0n) is 6.90. The number of hydrazine groups is 1. The van der Waals surface area contributed by atoms with Crippen LogP contribution in [0.3, 0.4) is 0 Å². The third kappa shape index (κ3) is 2.81.